The van der Waals surface area contributed by atoms with Crippen LogP contribution in [0.15, 0.2) is 46.0 Å². The normalized spacial score (nSPS) is 10.6. The average Bonchev–Trinajstić information content (AvgIpc) is 2.31. The third-order valence-corrected chi connectivity index (χ3v) is 4.14. The lowest BCUT2D eigenvalue weighted by Gasteiger charge is -2.06. The third-order valence-electron chi connectivity index (χ3n) is 2.27. The Morgan fingerprint density at radius 2 is 2.11 bits per heavy atom. The molecule has 0 N–H and O–H groups in total. The van der Waals surface area contributed by atoms with Gasteiger partial charge >= 0.3 is 0 Å². The van der Waals surface area contributed by atoms with Gasteiger partial charge in [-0.25, -0.2) is 4.39 Å². The molecule has 0 spiro atoms. The van der Waals surface area contributed by atoms with Gasteiger partial charge in [0.15, 0.2) is 6.20 Å². The van der Waals surface area contributed by atoms with Gasteiger partial charge in [-0.15, -0.1) is 0 Å². The SMILES string of the molecule is [O-][n+]1cc(Br)ccc1SCc1c(F)cccc1Cl. The molecule has 0 radical (unpaired) electrons. The van der Waals surface area contributed by atoms with Crippen molar-refractivity contribution >= 4 is 39.3 Å². The Morgan fingerprint density at radius 1 is 1.33 bits per heavy atom. The molecule has 1 heterocycles. The Morgan fingerprint density at radius 3 is 2.78 bits per heavy atom. The van der Waals surface area contributed by atoms with Crippen LogP contribution in [-0.2, 0) is 5.75 Å². The van der Waals surface area contributed by atoms with E-state index in [0.29, 0.717) is 25.8 Å². The number of aromatic nitrogens is 1. The van der Waals surface area contributed by atoms with Crippen LogP contribution in [0.1, 0.15) is 5.56 Å². The molecule has 1 aromatic heterocycles. The quantitative estimate of drug-likeness (QED) is 0.473. The van der Waals surface area contributed by atoms with E-state index < -0.39 is 0 Å². The number of thioether (sulfide) groups is 1. The fraction of sp³-hybridized carbons (Fsp3) is 0.0833. The van der Waals surface area contributed by atoms with Crippen LogP contribution in [0.5, 0.6) is 0 Å². The molecule has 2 rings (SSSR count). The second-order valence-electron chi connectivity index (χ2n) is 3.50. The van der Waals surface area contributed by atoms with Crippen LogP contribution in [0.2, 0.25) is 5.02 Å². The Balaban J connectivity index is 2.16. The van der Waals surface area contributed by atoms with Crippen LogP contribution in [0, 0.1) is 11.0 Å². The lowest BCUT2D eigenvalue weighted by atomic mass is 10.2. The summed E-state index contributed by atoms with van der Waals surface area (Å²) in [6.45, 7) is 0. The highest BCUT2D eigenvalue weighted by Gasteiger charge is 2.11. The van der Waals surface area contributed by atoms with Crippen LogP contribution in [-0.4, -0.2) is 0 Å². The van der Waals surface area contributed by atoms with Gasteiger partial charge in [0.25, 0.3) is 5.03 Å². The highest BCUT2D eigenvalue weighted by atomic mass is 79.9. The van der Waals surface area contributed by atoms with Crippen LogP contribution in [0.25, 0.3) is 0 Å². The molecule has 2 nitrogen and oxygen atoms in total. The Kier molecular flexibility index (Phi) is 4.48. The van der Waals surface area contributed by atoms with Gasteiger partial charge in [0.2, 0.25) is 0 Å². The predicted octanol–water partition coefficient (Wildman–Crippen LogP) is 4.17. The van der Waals surface area contributed by atoms with Gasteiger partial charge in [-0.1, -0.05) is 29.4 Å². The van der Waals surface area contributed by atoms with Crippen molar-refractivity contribution in [1.29, 1.82) is 0 Å². The maximum Gasteiger partial charge on any atom is 0.251 e. The zero-order valence-corrected chi connectivity index (χ0v) is 12.2. The number of rotatable bonds is 3. The van der Waals surface area contributed by atoms with E-state index in [9.17, 15) is 9.60 Å². The molecule has 2 aromatic rings. The zero-order valence-electron chi connectivity index (χ0n) is 9.07. The summed E-state index contributed by atoms with van der Waals surface area (Å²) in [7, 11) is 0. The van der Waals surface area contributed by atoms with Gasteiger partial charge in [0.05, 0.1) is 4.47 Å². The van der Waals surface area contributed by atoms with Crippen LogP contribution in [0.3, 0.4) is 0 Å². The van der Waals surface area contributed by atoms with Crippen molar-refractivity contribution in [3.63, 3.8) is 0 Å². The Labute approximate surface area is 121 Å². The van der Waals surface area contributed by atoms with Crippen molar-refractivity contribution in [3.05, 3.63) is 62.6 Å². The number of halogens is 3. The smallest absolute Gasteiger partial charge is 0.251 e. The van der Waals surface area contributed by atoms with E-state index in [1.54, 1.807) is 24.3 Å². The fourth-order valence-corrected chi connectivity index (χ4v) is 2.93. The second kappa shape index (κ2) is 5.91. The topological polar surface area (TPSA) is 26.9 Å². The van der Waals surface area contributed by atoms with Crippen molar-refractivity contribution in [2.24, 2.45) is 0 Å². The largest absolute Gasteiger partial charge is 0.618 e. The first-order valence-electron chi connectivity index (χ1n) is 5.02. The molecule has 0 aliphatic heterocycles. The molecular formula is C12H8BrClFNOS. The number of hydrogen-bond donors (Lipinski definition) is 0. The number of hydrogen-bond acceptors (Lipinski definition) is 2. The highest BCUT2D eigenvalue weighted by molar-refractivity contribution is 9.10. The first kappa shape index (κ1) is 13.6. The lowest BCUT2D eigenvalue weighted by Crippen LogP contribution is -2.28. The van der Waals surface area contributed by atoms with Gasteiger partial charge in [0.1, 0.15) is 5.82 Å². The molecule has 0 saturated heterocycles. The van der Waals surface area contributed by atoms with Crippen LogP contribution >= 0.6 is 39.3 Å². The number of pyridine rings is 1. The summed E-state index contributed by atoms with van der Waals surface area (Å²) in [5.41, 5.74) is 0.409. The van der Waals surface area contributed by atoms with Gasteiger partial charge < -0.3 is 5.21 Å². The van der Waals surface area contributed by atoms with E-state index in [0.717, 1.165) is 4.73 Å². The molecule has 0 bridgehead atoms. The zero-order chi connectivity index (χ0) is 13.1. The molecule has 0 amide bonds. The van der Waals surface area contributed by atoms with Gasteiger partial charge in [-0.3, -0.25) is 0 Å². The van der Waals surface area contributed by atoms with Crippen molar-refractivity contribution in [3.8, 4) is 0 Å². The summed E-state index contributed by atoms with van der Waals surface area (Å²) in [6, 6.07) is 7.98. The third kappa shape index (κ3) is 3.16. The van der Waals surface area contributed by atoms with Crippen molar-refractivity contribution in [2.75, 3.05) is 0 Å². The Hall–Kier alpha value is -0.780. The van der Waals surface area contributed by atoms with Gasteiger partial charge in [-0.05, 0) is 34.1 Å². The van der Waals surface area contributed by atoms with Crippen LogP contribution < -0.4 is 4.73 Å². The first-order chi connectivity index (χ1) is 8.58. The molecule has 6 heteroatoms. The second-order valence-corrected chi connectivity index (χ2v) is 5.82. The molecule has 94 valence electrons. The highest BCUT2D eigenvalue weighted by Crippen LogP contribution is 2.27. The van der Waals surface area contributed by atoms with Crippen molar-refractivity contribution < 1.29 is 9.12 Å². The molecule has 1 aromatic carbocycles. The summed E-state index contributed by atoms with van der Waals surface area (Å²) < 4.78 is 15.0. The minimum atomic E-state index is -0.357. The minimum absolute atomic E-state index is 0.315. The molecule has 0 atom stereocenters. The van der Waals surface area contributed by atoms with E-state index in [1.807, 2.05) is 0 Å². The molecule has 0 fully saturated rings. The molecule has 0 unspecified atom stereocenters. The maximum absolute atomic E-state index is 13.5. The van der Waals surface area contributed by atoms with E-state index in [4.69, 9.17) is 11.6 Å². The predicted molar refractivity (Wildman–Crippen MR) is 74.1 cm³/mol. The van der Waals surface area contributed by atoms with Gasteiger partial charge in [0, 0.05) is 22.4 Å². The molecule has 0 aliphatic rings. The lowest BCUT2D eigenvalue weighted by molar-refractivity contribution is -0.646. The monoisotopic (exact) mass is 347 g/mol. The minimum Gasteiger partial charge on any atom is -0.618 e. The van der Waals surface area contributed by atoms with E-state index in [-0.39, 0.29) is 5.82 Å². The molecule has 0 saturated carbocycles. The molecule has 0 aliphatic carbocycles. The van der Waals surface area contributed by atoms with E-state index in [2.05, 4.69) is 15.9 Å². The number of nitrogens with zero attached hydrogens (tertiary/aromatic N) is 1. The standard InChI is InChI=1S/C12H8BrClFNOS/c13-8-4-5-12(16(17)6-8)18-7-9-10(14)2-1-3-11(9)15/h1-6H,7H2. The van der Waals surface area contributed by atoms with Crippen LogP contribution in [0.4, 0.5) is 4.39 Å². The fourth-order valence-electron chi connectivity index (χ4n) is 1.37. The summed E-state index contributed by atoms with van der Waals surface area (Å²) in [5, 5.41) is 12.4. The Bertz CT molecular complexity index is 562. The average molecular weight is 349 g/mol. The summed E-state index contributed by atoms with van der Waals surface area (Å²) in [4.78, 5) is 0. The van der Waals surface area contributed by atoms with Crippen molar-refractivity contribution in [1.82, 2.24) is 0 Å². The maximum atomic E-state index is 13.5. The van der Waals surface area contributed by atoms with Crippen molar-refractivity contribution in [2.45, 2.75) is 10.8 Å². The first-order valence-corrected chi connectivity index (χ1v) is 7.18. The summed E-state index contributed by atoms with van der Waals surface area (Å²) >= 11 is 10.4. The van der Waals surface area contributed by atoms with E-state index >= 15 is 0 Å². The summed E-state index contributed by atoms with van der Waals surface area (Å²) in [6.07, 6.45) is 1.41. The number of benzene rings is 1. The van der Waals surface area contributed by atoms with Gasteiger partial charge in [-0.2, -0.15) is 4.73 Å². The van der Waals surface area contributed by atoms with E-state index in [1.165, 1.54) is 24.0 Å². The molecular weight excluding hydrogens is 341 g/mol. The summed E-state index contributed by atoms with van der Waals surface area (Å²) in [5.74, 6) is -0.0420. The molecule has 18 heavy (non-hydrogen) atoms.